The van der Waals surface area contributed by atoms with Crippen molar-refractivity contribution in [2.75, 3.05) is 0 Å². The summed E-state index contributed by atoms with van der Waals surface area (Å²) in [7, 11) is 0. The fraction of sp³-hybridized carbons (Fsp3) is 0.0800. The van der Waals surface area contributed by atoms with E-state index in [9.17, 15) is 0 Å². The molecule has 0 heterocycles. The molecule has 0 aliphatic carbocycles. The molecule has 0 fully saturated rings. The highest BCUT2D eigenvalue weighted by atomic mass is 14.2. The normalized spacial score (nSPS) is 11.2. The van der Waals surface area contributed by atoms with Crippen molar-refractivity contribution in [3.8, 4) is 66.8 Å². The predicted molar refractivity (Wildman–Crippen MR) is 216 cm³/mol. The van der Waals surface area contributed by atoms with Crippen molar-refractivity contribution in [3.05, 3.63) is 192 Å². The molecule has 0 heteroatoms. The largest absolute Gasteiger partial charge is 0.0614 e. The molecule has 0 N–H and O–H groups in total. The van der Waals surface area contributed by atoms with E-state index in [2.05, 4.69) is 198 Å². The van der Waals surface area contributed by atoms with Crippen LogP contribution in [0.15, 0.2) is 170 Å². The summed E-state index contributed by atoms with van der Waals surface area (Å²) in [5, 5.41) is 2.50. The average molecular weight is 641 g/mol. The number of aryl methyl sites for hydroxylation is 4. The molecule has 0 saturated heterocycles. The maximum Gasteiger partial charge on any atom is -0.00992 e. The molecule has 0 aromatic heterocycles. The van der Waals surface area contributed by atoms with Crippen molar-refractivity contribution in [1.29, 1.82) is 0 Å². The van der Waals surface area contributed by atoms with Gasteiger partial charge < -0.3 is 0 Å². The molecule has 0 nitrogen and oxygen atoms in total. The van der Waals surface area contributed by atoms with E-state index < -0.39 is 0 Å². The molecular weight excluding hydrogens is 601 g/mol. The van der Waals surface area contributed by atoms with Crippen molar-refractivity contribution in [1.82, 2.24) is 0 Å². The molecule has 8 aromatic carbocycles. The van der Waals surface area contributed by atoms with Crippen LogP contribution in [-0.4, -0.2) is 0 Å². The van der Waals surface area contributed by atoms with E-state index in [1.54, 1.807) is 0 Å². The zero-order chi connectivity index (χ0) is 34.2. The molecule has 0 bridgehead atoms. The van der Waals surface area contributed by atoms with E-state index in [0.717, 1.165) is 0 Å². The van der Waals surface area contributed by atoms with Crippen LogP contribution in [0.5, 0.6) is 0 Å². The minimum absolute atomic E-state index is 1.22. The van der Waals surface area contributed by atoms with E-state index in [4.69, 9.17) is 0 Å². The Kier molecular flexibility index (Phi) is 8.23. The Hall–Kier alpha value is -5.98. The lowest BCUT2D eigenvalue weighted by Gasteiger charge is -2.16. The highest BCUT2D eigenvalue weighted by Gasteiger charge is 2.14. The van der Waals surface area contributed by atoms with Gasteiger partial charge in [-0.15, -0.1) is 0 Å². The fourth-order valence-electron chi connectivity index (χ4n) is 7.34. The summed E-state index contributed by atoms with van der Waals surface area (Å²) >= 11 is 0. The number of fused-ring (bicyclic) bond motifs is 1. The van der Waals surface area contributed by atoms with Crippen molar-refractivity contribution in [2.24, 2.45) is 0 Å². The van der Waals surface area contributed by atoms with Gasteiger partial charge in [-0.25, -0.2) is 0 Å². The summed E-state index contributed by atoms with van der Waals surface area (Å²) in [5.41, 5.74) is 19.8. The van der Waals surface area contributed by atoms with Gasteiger partial charge in [-0.05, 0) is 142 Å². The van der Waals surface area contributed by atoms with Gasteiger partial charge in [0.1, 0.15) is 0 Å². The van der Waals surface area contributed by atoms with E-state index in [-0.39, 0.29) is 0 Å². The average Bonchev–Trinajstić information content (AvgIpc) is 3.14. The van der Waals surface area contributed by atoms with Crippen LogP contribution in [-0.2, 0) is 0 Å². The second kappa shape index (κ2) is 13.1. The highest BCUT2D eigenvalue weighted by Crippen LogP contribution is 2.41. The first kappa shape index (κ1) is 31.3. The summed E-state index contributed by atoms with van der Waals surface area (Å²) in [6.07, 6.45) is 0. The molecule has 0 unspecified atom stereocenters. The van der Waals surface area contributed by atoms with Gasteiger partial charge in [0.15, 0.2) is 0 Å². The lowest BCUT2D eigenvalue weighted by Crippen LogP contribution is -1.90. The molecular formula is C50H40. The Bertz CT molecular complexity index is 2220. The molecule has 240 valence electrons. The Balaban J connectivity index is 1.34. The van der Waals surface area contributed by atoms with Gasteiger partial charge in [-0.1, -0.05) is 156 Å². The number of hydrogen-bond donors (Lipinski definition) is 0. The predicted octanol–water partition coefficient (Wildman–Crippen LogP) is 14.1. The molecule has 0 radical (unpaired) electrons. The summed E-state index contributed by atoms with van der Waals surface area (Å²) in [6.45, 7) is 8.66. The molecule has 0 amide bonds. The first-order valence-corrected chi connectivity index (χ1v) is 17.5. The smallest absolute Gasteiger partial charge is 0.00992 e. The second-order valence-electron chi connectivity index (χ2n) is 13.8. The van der Waals surface area contributed by atoms with E-state index >= 15 is 0 Å². The van der Waals surface area contributed by atoms with Gasteiger partial charge in [0.25, 0.3) is 0 Å². The molecule has 0 aliphatic heterocycles. The molecule has 0 atom stereocenters. The maximum atomic E-state index is 2.36. The van der Waals surface area contributed by atoms with E-state index in [0.29, 0.717) is 0 Å². The first-order valence-electron chi connectivity index (χ1n) is 17.5. The van der Waals surface area contributed by atoms with E-state index in [1.165, 1.54) is 99.8 Å². The maximum absolute atomic E-state index is 2.36. The van der Waals surface area contributed by atoms with Gasteiger partial charge >= 0.3 is 0 Å². The molecule has 0 spiro atoms. The van der Waals surface area contributed by atoms with Crippen LogP contribution in [0.3, 0.4) is 0 Å². The van der Waals surface area contributed by atoms with Crippen LogP contribution in [0.25, 0.3) is 77.5 Å². The van der Waals surface area contributed by atoms with Gasteiger partial charge in [-0.3, -0.25) is 0 Å². The van der Waals surface area contributed by atoms with Crippen LogP contribution in [0.4, 0.5) is 0 Å². The van der Waals surface area contributed by atoms with Crippen LogP contribution in [0.2, 0.25) is 0 Å². The van der Waals surface area contributed by atoms with Crippen LogP contribution >= 0.6 is 0 Å². The lowest BCUT2D eigenvalue weighted by atomic mass is 9.88. The van der Waals surface area contributed by atoms with Crippen LogP contribution in [0.1, 0.15) is 22.3 Å². The standard InChI is InChI=1S/C50H40/c1-33-11-5-15-37(23-33)41-27-42(38-16-6-12-34(2)24-38)30-45(29-41)47-19-9-22-50-48(20-10-21-49(47)50)46-31-43(39-17-7-13-35(3)25-39)28-44(32-46)40-18-8-14-36(4)26-40/h5-32H,1-4H3. The zero-order valence-corrected chi connectivity index (χ0v) is 29.2. The second-order valence-corrected chi connectivity index (χ2v) is 13.8. The monoisotopic (exact) mass is 640 g/mol. The Morgan fingerprint density at radius 1 is 0.220 bits per heavy atom. The zero-order valence-electron chi connectivity index (χ0n) is 29.2. The van der Waals surface area contributed by atoms with Crippen molar-refractivity contribution < 1.29 is 0 Å². The summed E-state index contributed by atoms with van der Waals surface area (Å²) in [4.78, 5) is 0. The van der Waals surface area contributed by atoms with Crippen LogP contribution < -0.4 is 0 Å². The molecule has 8 rings (SSSR count). The summed E-state index contributed by atoms with van der Waals surface area (Å²) in [5.74, 6) is 0. The molecule has 0 saturated carbocycles. The summed E-state index contributed by atoms with van der Waals surface area (Å²) < 4.78 is 0. The third kappa shape index (κ3) is 6.29. The topological polar surface area (TPSA) is 0 Å². The summed E-state index contributed by atoms with van der Waals surface area (Å²) in [6, 6.07) is 63.0. The lowest BCUT2D eigenvalue weighted by molar-refractivity contribution is 1.45. The Morgan fingerprint density at radius 3 is 0.760 bits per heavy atom. The number of benzene rings is 8. The van der Waals surface area contributed by atoms with Gasteiger partial charge in [0.2, 0.25) is 0 Å². The van der Waals surface area contributed by atoms with E-state index in [1.807, 2.05) is 0 Å². The third-order valence-corrected chi connectivity index (χ3v) is 9.82. The third-order valence-electron chi connectivity index (χ3n) is 9.82. The quantitative estimate of drug-likeness (QED) is 0.170. The minimum atomic E-state index is 1.22. The van der Waals surface area contributed by atoms with Gasteiger partial charge in [0, 0.05) is 0 Å². The molecule has 0 aliphatic rings. The van der Waals surface area contributed by atoms with Crippen molar-refractivity contribution in [2.45, 2.75) is 27.7 Å². The Morgan fingerprint density at radius 2 is 0.480 bits per heavy atom. The Labute approximate surface area is 296 Å². The van der Waals surface area contributed by atoms with Gasteiger partial charge in [-0.2, -0.15) is 0 Å². The minimum Gasteiger partial charge on any atom is -0.0614 e. The molecule has 8 aromatic rings. The SMILES string of the molecule is Cc1cccc(-c2cc(-c3cccc(C)c3)cc(-c3cccc4c(-c5cc(-c6cccc(C)c6)cc(-c6cccc(C)c6)c5)cccc34)c2)c1. The highest BCUT2D eigenvalue weighted by molar-refractivity contribution is 6.06. The van der Waals surface area contributed by atoms with Crippen molar-refractivity contribution in [3.63, 3.8) is 0 Å². The van der Waals surface area contributed by atoms with Crippen molar-refractivity contribution >= 4 is 10.8 Å². The molecule has 50 heavy (non-hydrogen) atoms. The fourth-order valence-corrected chi connectivity index (χ4v) is 7.34. The first-order chi connectivity index (χ1) is 24.4. The van der Waals surface area contributed by atoms with Crippen LogP contribution in [0, 0.1) is 27.7 Å². The number of hydrogen-bond acceptors (Lipinski definition) is 0. The number of rotatable bonds is 6. The van der Waals surface area contributed by atoms with Gasteiger partial charge in [0.05, 0.1) is 0 Å².